The topological polar surface area (TPSA) is 132 Å². The minimum absolute atomic E-state index is 0.0160. The van der Waals surface area contributed by atoms with E-state index in [9.17, 15) is 24.3 Å². The van der Waals surface area contributed by atoms with Crippen molar-refractivity contribution in [2.45, 2.75) is 57.8 Å². The van der Waals surface area contributed by atoms with E-state index in [0.717, 1.165) is 80.4 Å². The van der Waals surface area contributed by atoms with E-state index < -0.39 is 17.9 Å². The Morgan fingerprint density at radius 3 is 2.43 bits per heavy atom. The monoisotopic (exact) mass is 613 g/mol. The Morgan fingerprint density at radius 1 is 0.932 bits per heavy atom. The van der Waals surface area contributed by atoms with E-state index in [0.29, 0.717) is 22.6 Å². The highest BCUT2D eigenvalue weighted by molar-refractivity contribution is 7.11. The van der Waals surface area contributed by atoms with Crippen molar-refractivity contribution in [3.05, 3.63) is 64.5 Å². The molecule has 2 aliphatic carbocycles. The molecule has 0 unspecified atom stereocenters. The fourth-order valence-corrected chi connectivity index (χ4v) is 7.12. The number of carboxylic acid groups (broad SMARTS) is 1. The van der Waals surface area contributed by atoms with Crippen molar-refractivity contribution in [1.82, 2.24) is 9.99 Å². The van der Waals surface area contributed by atoms with Crippen LogP contribution in [0.5, 0.6) is 0 Å². The van der Waals surface area contributed by atoms with Crippen LogP contribution < -0.4 is 10.2 Å². The van der Waals surface area contributed by atoms with Crippen molar-refractivity contribution >= 4 is 52.1 Å². The number of nitrogens with one attached hydrogen (secondary N) is 1. The van der Waals surface area contributed by atoms with Gasteiger partial charge in [-0.3, -0.25) is 14.5 Å². The van der Waals surface area contributed by atoms with Crippen LogP contribution in [0.25, 0.3) is 11.3 Å². The number of carbonyl (C=O) groups excluding carboxylic acids is 3. The van der Waals surface area contributed by atoms with Gasteiger partial charge >= 0.3 is 12.0 Å². The molecule has 6 rings (SSSR count). The van der Waals surface area contributed by atoms with Crippen LogP contribution in [0.15, 0.2) is 59.0 Å². The number of para-hydroxylation sites is 1. The lowest BCUT2D eigenvalue weighted by atomic mass is 9.83. The van der Waals surface area contributed by atoms with Crippen LogP contribution in [0.2, 0.25) is 0 Å². The summed E-state index contributed by atoms with van der Waals surface area (Å²) in [6.45, 7) is -0.388. The smallest absolute Gasteiger partial charge is 0.365 e. The SMILES string of the molecule is O=C(CN1N=C(C2CCCCC2)c2ccccc2N(CC(=O)C2CCCC2)C1=O)Nc1cccc(-c2csc(C(=O)O)n2)c1. The molecule has 2 saturated carbocycles. The molecule has 44 heavy (non-hydrogen) atoms. The first-order chi connectivity index (χ1) is 21.4. The molecule has 2 aromatic carbocycles. The van der Waals surface area contributed by atoms with E-state index in [1.807, 2.05) is 24.3 Å². The Balaban J connectivity index is 1.27. The Morgan fingerprint density at radius 2 is 1.68 bits per heavy atom. The first-order valence-electron chi connectivity index (χ1n) is 15.3. The lowest BCUT2D eigenvalue weighted by Gasteiger charge is -2.26. The number of ketones is 1. The molecule has 11 heteroatoms. The van der Waals surface area contributed by atoms with Gasteiger partial charge in [-0.1, -0.05) is 62.4 Å². The molecule has 2 heterocycles. The number of aromatic nitrogens is 1. The van der Waals surface area contributed by atoms with Crippen molar-refractivity contribution in [3.8, 4) is 11.3 Å². The first-order valence-corrected chi connectivity index (χ1v) is 16.1. The van der Waals surface area contributed by atoms with Gasteiger partial charge in [-0.05, 0) is 43.9 Å². The van der Waals surface area contributed by atoms with Gasteiger partial charge in [-0.15, -0.1) is 11.3 Å². The third-order valence-corrected chi connectivity index (χ3v) is 9.52. The highest BCUT2D eigenvalue weighted by Gasteiger charge is 2.36. The molecule has 10 nitrogen and oxygen atoms in total. The van der Waals surface area contributed by atoms with Crippen molar-refractivity contribution in [3.63, 3.8) is 0 Å². The van der Waals surface area contributed by atoms with Gasteiger partial charge in [0.2, 0.25) is 10.9 Å². The third-order valence-electron chi connectivity index (χ3n) is 8.69. The molecule has 1 aromatic heterocycles. The van der Waals surface area contributed by atoms with Gasteiger partial charge in [-0.25, -0.2) is 19.6 Å². The number of rotatable bonds is 9. The average Bonchev–Trinajstić information content (AvgIpc) is 3.74. The van der Waals surface area contributed by atoms with E-state index in [-0.39, 0.29) is 35.7 Å². The maximum atomic E-state index is 14.1. The Bertz CT molecular complexity index is 1600. The molecule has 0 radical (unpaired) electrons. The number of urea groups is 1. The number of hydrogen-bond donors (Lipinski definition) is 2. The van der Waals surface area contributed by atoms with E-state index in [2.05, 4.69) is 10.3 Å². The number of anilines is 2. The van der Waals surface area contributed by atoms with Gasteiger partial charge in [0.15, 0.2) is 5.78 Å². The van der Waals surface area contributed by atoms with Crippen LogP contribution >= 0.6 is 11.3 Å². The zero-order valence-corrected chi connectivity index (χ0v) is 25.2. The molecule has 228 valence electrons. The van der Waals surface area contributed by atoms with Crippen molar-refractivity contribution in [1.29, 1.82) is 0 Å². The van der Waals surface area contributed by atoms with Gasteiger partial charge in [0.25, 0.3) is 0 Å². The number of thiazole rings is 1. The van der Waals surface area contributed by atoms with Gasteiger partial charge in [-0.2, -0.15) is 5.10 Å². The number of carbonyl (C=O) groups is 4. The van der Waals surface area contributed by atoms with Crippen LogP contribution in [-0.4, -0.2) is 57.6 Å². The second kappa shape index (κ2) is 13.1. The maximum absolute atomic E-state index is 14.1. The summed E-state index contributed by atoms with van der Waals surface area (Å²) in [5.74, 6) is -1.40. The number of hydrogen-bond acceptors (Lipinski definition) is 7. The molecule has 3 aliphatic rings. The summed E-state index contributed by atoms with van der Waals surface area (Å²) >= 11 is 1.03. The zero-order valence-electron chi connectivity index (χ0n) is 24.4. The summed E-state index contributed by atoms with van der Waals surface area (Å²) in [7, 11) is 0. The largest absolute Gasteiger partial charge is 0.476 e. The minimum atomic E-state index is -1.10. The number of nitrogens with zero attached hydrogens (tertiary/aromatic N) is 4. The third kappa shape index (κ3) is 6.42. The van der Waals surface area contributed by atoms with Crippen LogP contribution in [0.4, 0.5) is 16.2 Å². The summed E-state index contributed by atoms with van der Waals surface area (Å²) < 4.78 is 0. The lowest BCUT2D eigenvalue weighted by Crippen LogP contribution is -2.46. The number of Topliss-reactive ketones (excluding diaryl/α,β-unsaturated/α-hetero) is 1. The Hall–Kier alpha value is -4.38. The van der Waals surface area contributed by atoms with E-state index in [1.54, 1.807) is 29.6 Å². The van der Waals surface area contributed by atoms with Gasteiger partial charge < -0.3 is 10.4 Å². The van der Waals surface area contributed by atoms with Crippen LogP contribution in [-0.2, 0) is 9.59 Å². The number of benzene rings is 2. The predicted octanol–water partition coefficient (Wildman–Crippen LogP) is 6.43. The van der Waals surface area contributed by atoms with Crippen LogP contribution in [0.3, 0.4) is 0 Å². The number of aromatic carboxylic acids is 1. The molecule has 3 amide bonds. The van der Waals surface area contributed by atoms with Crippen LogP contribution in [0.1, 0.15) is 73.2 Å². The molecule has 0 spiro atoms. The van der Waals surface area contributed by atoms with E-state index >= 15 is 0 Å². The fraction of sp³-hybridized carbons (Fsp3) is 0.394. The summed E-state index contributed by atoms with van der Waals surface area (Å²) in [5, 5.41) is 19.8. The molecule has 2 N–H and O–H groups in total. The number of amides is 3. The Labute approximate surface area is 259 Å². The lowest BCUT2D eigenvalue weighted by molar-refractivity contribution is -0.121. The molecular formula is C33H35N5O5S. The zero-order chi connectivity index (χ0) is 30.6. The molecule has 0 saturated heterocycles. The molecule has 2 fully saturated rings. The quantitative estimate of drug-likeness (QED) is 0.286. The number of hydrazone groups is 1. The molecule has 0 bridgehead atoms. The minimum Gasteiger partial charge on any atom is -0.476 e. The van der Waals surface area contributed by atoms with Crippen LogP contribution in [0, 0.1) is 11.8 Å². The summed E-state index contributed by atoms with van der Waals surface area (Å²) in [6, 6.07) is 14.1. The van der Waals surface area contributed by atoms with E-state index in [4.69, 9.17) is 5.10 Å². The van der Waals surface area contributed by atoms with Crippen molar-refractivity contribution in [2.75, 3.05) is 23.3 Å². The second-order valence-corrected chi connectivity index (χ2v) is 12.5. The molecule has 0 atom stereocenters. The predicted molar refractivity (Wildman–Crippen MR) is 169 cm³/mol. The van der Waals surface area contributed by atoms with Gasteiger partial charge in [0.1, 0.15) is 6.54 Å². The number of carboxylic acids is 1. The Kier molecular flexibility index (Phi) is 8.83. The molecular weight excluding hydrogens is 578 g/mol. The molecule has 1 aliphatic heterocycles. The highest BCUT2D eigenvalue weighted by Crippen LogP contribution is 2.35. The summed E-state index contributed by atoms with van der Waals surface area (Å²) in [6.07, 6.45) is 8.95. The summed E-state index contributed by atoms with van der Waals surface area (Å²) in [4.78, 5) is 57.8. The first kappa shape index (κ1) is 29.7. The normalized spacial score (nSPS) is 17.6. The average molecular weight is 614 g/mol. The maximum Gasteiger partial charge on any atom is 0.365 e. The standard InChI is InChI=1S/C33H35N5O5S/c39-28(21-9-4-5-10-21)18-37-27-16-7-6-15-25(27)30(22-11-2-1-3-12-22)36-38(33(37)43)19-29(40)34-24-14-8-13-23(17-24)26-20-44-31(35-26)32(41)42/h6-8,13-17,20-22H,1-5,9-12,18-19H2,(H,34,40)(H,41,42). The summed E-state index contributed by atoms with van der Waals surface area (Å²) in [5.41, 5.74) is 3.92. The molecule has 3 aromatic rings. The van der Waals surface area contributed by atoms with Gasteiger partial charge in [0.05, 0.1) is 23.6 Å². The second-order valence-electron chi connectivity index (χ2n) is 11.7. The van der Waals surface area contributed by atoms with Crippen molar-refractivity contribution in [2.24, 2.45) is 16.9 Å². The van der Waals surface area contributed by atoms with Gasteiger partial charge in [0, 0.05) is 34.0 Å². The number of fused-ring (bicyclic) bond motifs is 1. The highest BCUT2D eigenvalue weighted by atomic mass is 32.1. The fourth-order valence-electron chi connectivity index (χ4n) is 6.46. The van der Waals surface area contributed by atoms with E-state index in [1.165, 1.54) is 9.91 Å². The van der Waals surface area contributed by atoms with Crippen molar-refractivity contribution < 1.29 is 24.3 Å².